The van der Waals surface area contributed by atoms with Gasteiger partial charge >= 0.3 is 11.9 Å². The van der Waals surface area contributed by atoms with Gasteiger partial charge in [0.15, 0.2) is 6.10 Å². The predicted molar refractivity (Wildman–Crippen MR) is 250 cm³/mol. The minimum atomic E-state index is -4.70. The Morgan fingerprint density at radius 1 is 0.726 bits per heavy atom. The van der Waals surface area contributed by atoms with Gasteiger partial charge in [0.25, 0.3) is 7.82 Å². The van der Waals surface area contributed by atoms with Crippen LogP contribution in [0.4, 0.5) is 0 Å². The lowest BCUT2D eigenvalue weighted by atomic mass is 10.0. The number of likely N-dealkylation sites (N-methyl/N-ethyl adjacent to an activating group) is 1. The SMILES string of the molecule is CC/C=C\C/C=C\C/C=C\C/C=C\C=C/C(O)C/C=C\CCC(=O)O[C@H](COC(=O)CCCCCCCCc1oc(CCCCC)c(C)c1C)COP(=O)([O-])OCC[N+](C)(C)C. The molecular formula is C50H82NO10P. The van der Waals surface area contributed by atoms with Gasteiger partial charge in [-0.15, -0.1) is 0 Å². The number of aliphatic hydroxyl groups is 1. The maximum Gasteiger partial charge on any atom is 0.306 e. The number of unbranched alkanes of at least 4 members (excludes halogenated alkanes) is 7. The molecule has 12 heteroatoms. The van der Waals surface area contributed by atoms with Crippen LogP contribution in [-0.2, 0) is 45.5 Å². The van der Waals surface area contributed by atoms with Gasteiger partial charge in [0.2, 0.25) is 0 Å². The Bertz CT molecular complexity index is 1580. The molecule has 0 aliphatic rings. The molecule has 352 valence electrons. The number of quaternary nitrogens is 1. The van der Waals surface area contributed by atoms with E-state index in [1.807, 2.05) is 39.4 Å². The highest BCUT2D eigenvalue weighted by molar-refractivity contribution is 7.45. The van der Waals surface area contributed by atoms with Crippen LogP contribution in [-0.4, -0.2) is 81.2 Å². The molecular weight excluding hydrogens is 806 g/mol. The molecule has 0 bridgehead atoms. The molecule has 1 rings (SSSR count). The molecule has 11 nitrogen and oxygen atoms in total. The largest absolute Gasteiger partial charge is 0.756 e. The van der Waals surface area contributed by atoms with Crippen molar-refractivity contribution in [2.24, 2.45) is 0 Å². The van der Waals surface area contributed by atoms with Gasteiger partial charge in [-0.05, 0) is 82.8 Å². The first-order valence-electron chi connectivity index (χ1n) is 23.1. The quantitative estimate of drug-likeness (QED) is 0.0171. The van der Waals surface area contributed by atoms with E-state index >= 15 is 0 Å². The summed E-state index contributed by atoms with van der Waals surface area (Å²) in [6, 6.07) is 0. The van der Waals surface area contributed by atoms with Crippen LogP contribution in [0.25, 0.3) is 0 Å². The molecule has 0 aromatic carbocycles. The Labute approximate surface area is 375 Å². The number of carbonyl (C=O) groups is 2. The third kappa shape index (κ3) is 31.5. The highest BCUT2D eigenvalue weighted by Crippen LogP contribution is 2.38. The van der Waals surface area contributed by atoms with Crippen molar-refractivity contribution in [3.05, 3.63) is 95.6 Å². The van der Waals surface area contributed by atoms with Crippen molar-refractivity contribution in [3.8, 4) is 0 Å². The molecule has 2 unspecified atom stereocenters. The van der Waals surface area contributed by atoms with Crippen molar-refractivity contribution in [2.75, 3.05) is 47.5 Å². The Balaban J connectivity index is 2.47. The Morgan fingerprint density at radius 2 is 1.32 bits per heavy atom. The van der Waals surface area contributed by atoms with Gasteiger partial charge in [0.1, 0.15) is 31.3 Å². The molecule has 1 aromatic rings. The first kappa shape index (κ1) is 56.7. The number of furan rings is 1. The van der Waals surface area contributed by atoms with Crippen LogP contribution in [0, 0.1) is 13.8 Å². The predicted octanol–water partition coefficient (Wildman–Crippen LogP) is 11.0. The first-order valence-corrected chi connectivity index (χ1v) is 24.6. The zero-order valence-electron chi connectivity index (χ0n) is 39.4. The second kappa shape index (κ2) is 35.1. The number of rotatable bonds is 37. The molecule has 0 aliphatic carbocycles. The van der Waals surface area contributed by atoms with Crippen LogP contribution in [0.1, 0.15) is 146 Å². The summed E-state index contributed by atoms with van der Waals surface area (Å²) in [5.74, 6) is 1.20. The summed E-state index contributed by atoms with van der Waals surface area (Å²) >= 11 is 0. The fourth-order valence-corrected chi connectivity index (χ4v) is 6.85. The van der Waals surface area contributed by atoms with E-state index < -0.39 is 38.6 Å². The van der Waals surface area contributed by atoms with E-state index in [1.165, 1.54) is 24.0 Å². The topological polar surface area (TPSA) is 145 Å². The average molecular weight is 888 g/mol. The molecule has 0 fully saturated rings. The fraction of sp³-hybridized carbons (Fsp3) is 0.640. The van der Waals surface area contributed by atoms with Gasteiger partial charge < -0.3 is 37.4 Å². The number of hydrogen-bond acceptors (Lipinski definition) is 10. The summed E-state index contributed by atoms with van der Waals surface area (Å²) in [6.07, 6.45) is 38.0. The highest BCUT2D eigenvalue weighted by Gasteiger charge is 2.22. The number of ether oxygens (including phenoxy) is 2. The molecule has 1 aromatic heterocycles. The van der Waals surface area contributed by atoms with Gasteiger partial charge in [-0.3, -0.25) is 14.2 Å². The maximum atomic E-state index is 12.7. The van der Waals surface area contributed by atoms with Gasteiger partial charge in [-0.25, -0.2) is 0 Å². The molecule has 1 N–H and O–H groups in total. The van der Waals surface area contributed by atoms with Crippen LogP contribution in [0.15, 0.2) is 77.3 Å². The van der Waals surface area contributed by atoms with Crippen molar-refractivity contribution < 1.29 is 51.6 Å². The zero-order valence-corrected chi connectivity index (χ0v) is 40.3. The summed E-state index contributed by atoms with van der Waals surface area (Å²) in [6.45, 7) is 8.12. The molecule has 1 heterocycles. The van der Waals surface area contributed by atoms with Crippen LogP contribution in [0.5, 0.6) is 0 Å². The lowest BCUT2D eigenvalue weighted by molar-refractivity contribution is -0.870. The molecule has 0 aliphatic heterocycles. The monoisotopic (exact) mass is 888 g/mol. The minimum absolute atomic E-state index is 0.00468. The molecule has 0 spiro atoms. The average Bonchev–Trinajstić information content (AvgIpc) is 3.48. The zero-order chi connectivity index (χ0) is 45.9. The second-order valence-corrected chi connectivity index (χ2v) is 18.2. The Hall–Kier alpha value is -3.31. The number of carbonyl (C=O) groups excluding carboxylic acids is 2. The first-order chi connectivity index (χ1) is 29.7. The summed E-state index contributed by atoms with van der Waals surface area (Å²) in [5, 5.41) is 10.3. The Morgan fingerprint density at radius 3 is 1.95 bits per heavy atom. The Kier molecular flexibility index (Phi) is 32.1. The molecule has 0 amide bonds. The number of esters is 2. The van der Waals surface area contributed by atoms with Crippen molar-refractivity contribution in [2.45, 2.75) is 162 Å². The number of allylic oxidation sites excluding steroid dienone is 10. The summed E-state index contributed by atoms with van der Waals surface area (Å²) < 4.78 is 40.0. The third-order valence-electron chi connectivity index (χ3n) is 10.0. The van der Waals surface area contributed by atoms with Crippen molar-refractivity contribution in [1.82, 2.24) is 0 Å². The van der Waals surface area contributed by atoms with E-state index in [4.69, 9.17) is 22.9 Å². The van der Waals surface area contributed by atoms with Crippen molar-refractivity contribution in [3.63, 3.8) is 0 Å². The smallest absolute Gasteiger partial charge is 0.306 e. The number of aliphatic hydroxyl groups excluding tert-OH is 1. The minimum Gasteiger partial charge on any atom is -0.756 e. The van der Waals surface area contributed by atoms with Gasteiger partial charge in [-0.2, -0.15) is 0 Å². The highest BCUT2D eigenvalue weighted by atomic mass is 31.2. The third-order valence-corrected chi connectivity index (χ3v) is 11.0. The van der Waals surface area contributed by atoms with Crippen molar-refractivity contribution in [1.29, 1.82) is 0 Å². The van der Waals surface area contributed by atoms with E-state index in [0.29, 0.717) is 30.3 Å². The maximum absolute atomic E-state index is 12.7. The summed E-state index contributed by atoms with van der Waals surface area (Å²) in [4.78, 5) is 37.7. The summed E-state index contributed by atoms with van der Waals surface area (Å²) in [5.41, 5.74) is 2.58. The molecule has 3 atom stereocenters. The number of aryl methyl sites for hydroxylation is 2. The number of phosphoric acid groups is 1. The number of nitrogens with zero attached hydrogens (tertiary/aromatic N) is 1. The van der Waals surface area contributed by atoms with Crippen molar-refractivity contribution >= 4 is 19.8 Å². The molecule has 0 saturated carbocycles. The lowest BCUT2D eigenvalue weighted by Gasteiger charge is -2.28. The van der Waals surface area contributed by atoms with E-state index in [2.05, 4.69) is 64.2 Å². The molecule has 62 heavy (non-hydrogen) atoms. The molecule has 0 radical (unpaired) electrons. The van der Waals surface area contributed by atoms with Gasteiger partial charge in [0, 0.05) is 25.7 Å². The lowest BCUT2D eigenvalue weighted by Crippen LogP contribution is -2.37. The number of phosphoric ester groups is 1. The van der Waals surface area contributed by atoms with Gasteiger partial charge in [-0.1, -0.05) is 125 Å². The van der Waals surface area contributed by atoms with E-state index in [9.17, 15) is 24.2 Å². The summed E-state index contributed by atoms with van der Waals surface area (Å²) in [7, 11) is 1.02. The van der Waals surface area contributed by atoms with Crippen LogP contribution >= 0.6 is 7.82 Å². The van der Waals surface area contributed by atoms with Crippen LogP contribution < -0.4 is 4.89 Å². The second-order valence-electron chi connectivity index (χ2n) is 16.8. The van der Waals surface area contributed by atoms with E-state index in [-0.39, 0.29) is 26.1 Å². The van der Waals surface area contributed by atoms with E-state index in [1.54, 1.807) is 18.2 Å². The standard InChI is InChI=1S/C50H82NO10P/c1-8-10-12-13-14-15-16-17-18-19-20-23-28-33-45(52)34-29-26-32-38-50(54)60-46(42-59-62(55,56)58-40-39-51(5,6)7)41-57-49(53)37-31-25-22-21-24-30-36-48-44(4)43(3)47(61-48)35-27-11-9-2/h10,12,14-15,17-18,20,23,26,28-29,33,45-46,52H,8-9,11,13,16,19,21-22,24-25,27,30-32,34-42H2,1-7H3/b12-10-,15-14-,18-17-,23-20-,29-26-,33-28-/t45?,46-/m1/s1. The number of hydrogen-bond donors (Lipinski definition) is 1. The van der Waals surface area contributed by atoms with E-state index in [0.717, 1.165) is 88.6 Å². The fourth-order valence-electron chi connectivity index (χ4n) is 6.12. The van der Waals surface area contributed by atoms with Gasteiger partial charge in [0.05, 0.1) is 33.9 Å². The normalized spacial score (nSPS) is 14.7. The molecule has 0 saturated heterocycles. The van der Waals surface area contributed by atoms with Crippen LogP contribution in [0.2, 0.25) is 0 Å². The van der Waals surface area contributed by atoms with Crippen LogP contribution in [0.3, 0.4) is 0 Å².